The molecule has 0 aromatic heterocycles. The number of nitrogens with zero attached hydrogens (tertiary/aromatic N) is 1. The van der Waals surface area contributed by atoms with Crippen LogP contribution >= 0.6 is 0 Å². The van der Waals surface area contributed by atoms with E-state index in [9.17, 15) is 4.79 Å². The van der Waals surface area contributed by atoms with Gasteiger partial charge < -0.3 is 20.7 Å². The summed E-state index contributed by atoms with van der Waals surface area (Å²) in [7, 11) is 1.75. The first-order chi connectivity index (χ1) is 12.7. The van der Waals surface area contributed by atoms with E-state index in [-0.39, 0.29) is 5.91 Å². The molecule has 0 atom stereocenters. The molecule has 0 spiro atoms. The average Bonchev–Trinajstić information content (AvgIpc) is 2.64. The third-order valence-electron chi connectivity index (χ3n) is 4.91. The van der Waals surface area contributed by atoms with E-state index >= 15 is 0 Å². The maximum Gasteiger partial charge on any atom is 0.251 e. The van der Waals surface area contributed by atoms with Gasteiger partial charge in [-0.15, -0.1) is 0 Å². The normalized spacial score (nSPS) is 15.8. The van der Waals surface area contributed by atoms with Gasteiger partial charge in [-0.2, -0.15) is 0 Å². The molecule has 0 heterocycles. The van der Waals surface area contributed by atoms with Crippen LogP contribution in [0, 0.1) is 5.41 Å². The highest BCUT2D eigenvalue weighted by atomic mass is 16.5. The Morgan fingerprint density at radius 3 is 2.50 bits per heavy atom. The summed E-state index contributed by atoms with van der Waals surface area (Å²) in [6, 6.07) is 9.25. The number of benzene rings is 1. The third kappa shape index (κ3) is 6.33. The summed E-state index contributed by atoms with van der Waals surface area (Å²) in [6.07, 6.45) is 4.81. The highest BCUT2D eigenvalue weighted by Gasteiger charge is 2.36. The molecule has 1 aromatic carbocycles. The highest BCUT2D eigenvalue weighted by Crippen LogP contribution is 2.44. The van der Waals surface area contributed by atoms with E-state index in [1.54, 1.807) is 7.11 Å². The van der Waals surface area contributed by atoms with Crippen LogP contribution in [-0.2, 0) is 4.74 Å². The van der Waals surface area contributed by atoms with Crippen molar-refractivity contribution < 1.29 is 9.53 Å². The Labute approximate surface area is 156 Å². The van der Waals surface area contributed by atoms with E-state index in [0.717, 1.165) is 32.1 Å². The van der Waals surface area contributed by atoms with Crippen LogP contribution in [0.5, 0.6) is 0 Å². The van der Waals surface area contributed by atoms with Gasteiger partial charge in [0.15, 0.2) is 5.96 Å². The molecule has 0 radical (unpaired) electrons. The number of rotatable bonds is 10. The molecule has 3 N–H and O–H groups in total. The summed E-state index contributed by atoms with van der Waals surface area (Å²) in [4.78, 5) is 16.8. The van der Waals surface area contributed by atoms with Crippen molar-refractivity contribution >= 4 is 11.9 Å². The molecular formula is C20H32N4O2. The number of ether oxygens (including phenoxy) is 1. The van der Waals surface area contributed by atoms with Gasteiger partial charge in [0, 0.05) is 45.5 Å². The third-order valence-corrected chi connectivity index (χ3v) is 4.91. The predicted octanol–water partition coefficient (Wildman–Crippen LogP) is 2.18. The van der Waals surface area contributed by atoms with E-state index in [2.05, 4.69) is 22.9 Å². The molecule has 1 saturated carbocycles. The van der Waals surface area contributed by atoms with Gasteiger partial charge in [-0.05, 0) is 43.7 Å². The number of carbonyl (C=O) groups excluding carboxylic acids is 1. The smallest absolute Gasteiger partial charge is 0.251 e. The molecule has 6 heteroatoms. The van der Waals surface area contributed by atoms with Gasteiger partial charge in [-0.3, -0.25) is 9.79 Å². The van der Waals surface area contributed by atoms with E-state index in [1.165, 1.54) is 19.3 Å². The van der Waals surface area contributed by atoms with Crippen molar-refractivity contribution in [3.8, 4) is 0 Å². The second-order valence-corrected chi connectivity index (χ2v) is 6.84. The molecule has 1 fully saturated rings. The Bertz CT molecular complexity index is 570. The lowest BCUT2D eigenvalue weighted by Gasteiger charge is -2.40. The van der Waals surface area contributed by atoms with Crippen molar-refractivity contribution in [2.45, 2.75) is 32.6 Å². The van der Waals surface area contributed by atoms with Crippen molar-refractivity contribution in [1.82, 2.24) is 16.0 Å². The highest BCUT2D eigenvalue weighted by molar-refractivity contribution is 5.94. The number of hydrogen-bond donors (Lipinski definition) is 3. The van der Waals surface area contributed by atoms with Gasteiger partial charge in [0.05, 0.1) is 0 Å². The first-order valence-corrected chi connectivity index (χ1v) is 9.53. The molecule has 6 nitrogen and oxygen atoms in total. The molecule has 0 aliphatic heterocycles. The molecule has 144 valence electrons. The van der Waals surface area contributed by atoms with Crippen LogP contribution in [0.25, 0.3) is 0 Å². The van der Waals surface area contributed by atoms with Crippen molar-refractivity contribution in [2.75, 3.05) is 39.9 Å². The summed E-state index contributed by atoms with van der Waals surface area (Å²) in [5.41, 5.74) is 0.984. The van der Waals surface area contributed by atoms with E-state index in [0.29, 0.717) is 24.1 Å². The van der Waals surface area contributed by atoms with E-state index in [4.69, 9.17) is 9.73 Å². The fourth-order valence-corrected chi connectivity index (χ4v) is 3.12. The fraction of sp³-hybridized carbons (Fsp3) is 0.600. The first-order valence-electron chi connectivity index (χ1n) is 9.53. The SMILES string of the molecule is CCNC(=NCC1(CCOC)CCC1)NCCNC(=O)c1ccccc1. The summed E-state index contributed by atoms with van der Waals surface area (Å²) in [6.45, 7) is 5.67. The van der Waals surface area contributed by atoms with Gasteiger partial charge in [0.2, 0.25) is 0 Å². The molecule has 0 saturated heterocycles. The van der Waals surface area contributed by atoms with Crippen LogP contribution in [0.4, 0.5) is 0 Å². The lowest BCUT2D eigenvalue weighted by Crippen LogP contribution is -2.43. The maximum absolute atomic E-state index is 12.0. The molecule has 1 aliphatic rings. The first kappa shape index (κ1) is 20.2. The second-order valence-electron chi connectivity index (χ2n) is 6.84. The van der Waals surface area contributed by atoms with Gasteiger partial charge >= 0.3 is 0 Å². The summed E-state index contributed by atoms with van der Waals surface area (Å²) < 4.78 is 5.25. The fourth-order valence-electron chi connectivity index (χ4n) is 3.12. The maximum atomic E-state index is 12.0. The Balaban J connectivity index is 1.75. The van der Waals surface area contributed by atoms with Crippen LogP contribution in [0.2, 0.25) is 0 Å². The largest absolute Gasteiger partial charge is 0.385 e. The minimum absolute atomic E-state index is 0.0534. The zero-order valence-electron chi connectivity index (χ0n) is 16.0. The van der Waals surface area contributed by atoms with Gasteiger partial charge in [0.1, 0.15) is 0 Å². The van der Waals surface area contributed by atoms with Gasteiger partial charge in [-0.25, -0.2) is 0 Å². The topological polar surface area (TPSA) is 74.8 Å². The van der Waals surface area contributed by atoms with E-state index < -0.39 is 0 Å². The number of methoxy groups -OCH3 is 1. The Kier molecular flexibility index (Phi) is 8.41. The lowest BCUT2D eigenvalue weighted by molar-refractivity contribution is 0.0778. The summed E-state index contributed by atoms with van der Waals surface area (Å²) >= 11 is 0. The quantitative estimate of drug-likeness (QED) is 0.340. The minimum Gasteiger partial charge on any atom is -0.385 e. The molecule has 1 aromatic rings. The van der Waals surface area contributed by atoms with Gasteiger partial charge in [-0.1, -0.05) is 24.6 Å². The average molecular weight is 361 g/mol. The predicted molar refractivity (Wildman–Crippen MR) is 106 cm³/mol. The number of amides is 1. The number of nitrogens with one attached hydrogen (secondary N) is 3. The summed E-state index contributed by atoms with van der Waals surface area (Å²) in [5, 5.41) is 9.49. The van der Waals surface area contributed by atoms with Crippen LogP contribution in [0.3, 0.4) is 0 Å². The van der Waals surface area contributed by atoms with Crippen LogP contribution in [-0.4, -0.2) is 51.8 Å². The monoisotopic (exact) mass is 360 g/mol. The number of guanidine groups is 1. The molecule has 0 bridgehead atoms. The molecule has 1 aliphatic carbocycles. The minimum atomic E-state index is -0.0534. The van der Waals surface area contributed by atoms with Crippen molar-refractivity contribution in [3.05, 3.63) is 35.9 Å². The molecular weight excluding hydrogens is 328 g/mol. The van der Waals surface area contributed by atoms with Crippen LogP contribution in [0.1, 0.15) is 43.0 Å². The van der Waals surface area contributed by atoms with Gasteiger partial charge in [0.25, 0.3) is 5.91 Å². The number of carbonyl (C=O) groups is 1. The molecule has 1 amide bonds. The summed E-state index contributed by atoms with van der Waals surface area (Å²) in [5.74, 6) is 0.757. The molecule has 26 heavy (non-hydrogen) atoms. The Hall–Kier alpha value is -2.08. The molecule has 2 rings (SSSR count). The lowest BCUT2D eigenvalue weighted by atomic mass is 9.67. The van der Waals surface area contributed by atoms with Crippen molar-refractivity contribution in [3.63, 3.8) is 0 Å². The Morgan fingerprint density at radius 2 is 1.88 bits per heavy atom. The Morgan fingerprint density at radius 1 is 1.15 bits per heavy atom. The number of aliphatic imine (C=N–C) groups is 1. The van der Waals surface area contributed by atoms with Crippen LogP contribution < -0.4 is 16.0 Å². The van der Waals surface area contributed by atoms with Crippen molar-refractivity contribution in [2.24, 2.45) is 10.4 Å². The van der Waals surface area contributed by atoms with Crippen LogP contribution in [0.15, 0.2) is 35.3 Å². The zero-order chi connectivity index (χ0) is 18.7. The second kappa shape index (κ2) is 10.8. The standard InChI is InChI=1S/C20H32N4O2/c1-3-21-19(24-16-20(10-7-11-20)12-15-26-2)23-14-13-22-18(25)17-8-5-4-6-9-17/h4-6,8-9H,3,7,10-16H2,1-2H3,(H,22,25)(H2,21,23,24). The molecule has 0 unspecified atom stereocenters. The number of hydrogen-bond acceptors (Lipinski definition) is 3. The van der Waals surface area contributed by atoms with Crippen molar-refractivity contribution in [1.29, 1.82) is 0 Å². The zero-order valence-corrected chi connectivity index (χ0v) is 16.0. The van der Waals surface area contributed by atoms with E-state index in [1.807, 2.05) is 30.3 Å².